The van der Waals surface area contributed by atoms with Crippen molar-refractivity contribution in [1.29, 1.82) is 0 Å². The van der Waals surface area contributed by atoms with Crippen molar-refractivity contribution in [3.63, 3.8) is 0 Å². The van der Waals surface area contributed by atoms with Crippen LogP contribution in [0.4, 0.5) is 28.4 Å². The van der Waals surface area contributed by atoms with E-state index in [0.717, 1.165) is 19.3 Å². The molecule has 3 aliphatic carbocycles. The third kappa shape index (κ3) is 8.21. The first-order chi connectivity index (χ1) is 33.6. The number of nitrogens with zero attached hydrogens (tertiary/aromatic N) is 3. The van der Waals surface area contributed by atoms with E-state index in [-0.39, 0.29) is 51.0 Å². The van der Waals surface area contributed by atoms with Crippen molar-refractivity contribution in [1.82, 2.24) is 0 Å². The largest absolute Gasteiger partial charge is 0.335 e. The molecule has 6 aliphatic rings. The lowest BCUT2D eigenvalue weighted by molar-refractivity contribution is 0.266. The van der Waals surface area contributed by atoms with Crippen molar-refractivity contribution in [2.45, 2.75) is 156 Å². The molecule has 5 aromatic rings. The second kappa shape index (κ2) is 17.1. The molecule has 0 bridgehead atoms. The smallest absolute Gasteiger partial charge is 0.228 e. The maximum absolute atomic E-state index is 2.94. The van der Waals surface area contributed by atoms with Crippen molar-refractivity contribution < 1.29 is 0 Å². The fraction of sp³-hybridized carbons (Fsp3) is 0.394. The molecule has 364 valence electrons. The number of hydrogen-bond donors (Lipinski definition) is 0. The number of anilines is 5. The Hall–Kier alpha value is -5.39. The summed E-state index contributed by atoms with van der Waals surface area (Å²) < 4.78 is 0. The maximum atomic E-state index is 2.94. The van der Waals surface area contributed by atoms with Gasteiger partial charge in [0, 0.05) is 57.0 Å². The summed E-state index contributed by atoms with van der Waals surface area (Å²) in [7, 11) is 0. The van der Waals surface area contributed by atoms with Crippen LogP contribution in [0.25, 0.3) is 5.57 Å². The van der Waals surface area contributed by atoms with Crippen molar-refractivity contribution >= 4 is 57.9 Å². The molecule has 0 aromatic heterocycles. The SMILES string of the molecule is CC1(C)CCC(C)(C)C2=C1SC1B3C4=C(C=C(N(c5ccccc5)c5ccccc5)CC4N(c4ccc(C(C)(C)C)cc4)c4ccc(C(C)(C)C)cc43)N(c3ccc(C(C)(C)C)cc3C3=CCCC=C3)C21. The van der Waals surface area contributed by atoms with Crippen LogP contribution < -0.4 is 20.2 Å². The molecule has 71 heavy (non-hydrogen) atoms. The molecule has 3 atom stereocenters. The Kier molecular flexibility index (Phi) is 11.5. The fourth-order valence-corrected chi connectivity index (χ4v) is 14.9. The van der Waals surface area contributed by atoms with E-state index in [2.05, 4.69) is 262 Å². The fourth-order valence-electron chi connectivity index (χ4n) is 12.9. The van der Waals surface area contributed by atoms with Gasteiger partial charge in [-0.3, -0.25) is 0 Å². The summed E-state index contributed by atoms with van der Waals surface area (Å²) >= 11 is 2.26. The van der Waals surface area contributed by atoms with Gasteiger partial charge in [-0.25, -0.2) is 0 Å². The van der Waals surface area contributed by atoms with Gasteiger partial charge < -0.3 is 14.7 Å². The normalized spacial score (nSPS) is 22.4. The Morgan fingerprint density at radius 1 is 0.620 bits per heavy atom. The molecule has 3 unspecified atom stereocenters. The first-order valence-corrected chi connectivity index (χ1v) is 27.6. The van der Waals surface area contributed by atoms with E-state index >= 15 is 0 Å². The number of rotatable bonds is 6. The highest BCUT2D eigenvalue weighted by Gasteiger charge is 2.61. The average molecular weight is 954 g/mol. The number of para-hydroxylation sites is 2. The van der Waals surface area contributed by atoms with Crippen LogP contribution in [0.3, 0.4) is 0 Å². The molecule has 3 aliphatic heterocycles. The Bertz CT molecular complexity index is 3020. The molecule has 0 radical (unpaired) electrons. The number of hydrogen-bond acceptors (Lipinski definition) is 4. The zero-order valence-corrected chi connectivity index (χ0v) is 45.8. The van der Waals surface area contributed by atoms with E-state index in [1.54, 1.807) is 16.0 Å². The molecule has 0 fully saturated rings. The second-order valence-electron chi connectivity index (χ2n) is 25.9. The highest BCUT2D eigenvalue weighted by Crippen LogP contribution is 2.65. The van der Waals surface area contributed by atoms with Crippen LogP contribution in [0.2, 0.25) is 0 Å². The summed E-state index contributed by atoms with van der Waals surface area (Å²) in [5, 5.41) is 0.276. The topological polar surface area (TPSA) is 9.72 Å². The van der Waals surface area contributed by atoms with Crippen molar-refractivity contribution in [2.24, 2.45) is 10.8 Å². The van der Waals surface area contributed by atoms with Crippen LogP contribution in [-0.2, 0) is 16.2 Å². The zero-order valence-electron chi connectivity index (χ0n) is 45.0. The maximum Gasteiger partial charge on any atom is 0.228 e. The van der Waals surface area contributed by atoms with Crippen molar-refractivity contribution in [2.75, 3.05) is 14.7 Å². The van der Waals surface area contributed by atoms with Gasteiger partial charge in [0.15, 0.2) is 0 Å². The van der Waals surface area contributed by atoms with Gasteiger partial charge in [0.25, 0.3) is 0 Å². The molecule has 0 saturated carbocycles. The molecule has 0 N–H and O–H groups in total. The Balaban J connectivity index is 1.28. The van der Waals surface area contributed by atoms with Crippen LogP contribution in [-0.4, -0.2) is 23.9 Å². The first-order valence-electron chi connectivity index (χ1n) is 26.7. The molecule has 5 aromatic carbocycles. The molecular weight excluding hydrogens is 878 g/mol. The molecule has 0 spiro atoms. The van der Waals surface area contributed by atoms with Gasteiger partial charge in [0.2, 0.25) is 6.71 Å². The third-order valence-electron chi connectivity index (χ3n) is 16.9. The summed E-state index contributed by atoms with van der Waals surface area (Å²) in [5.74, 6) is 0. The van der Waals surface area contributed by atoms with Gasteiger partial charge in [0.1, 0.15) is 0 Å². The van der Waals surface area contributed by atoms with Gasteiger partial charge in [-0.15, -0.1) is 11.8 Å². The average Bonchev–Trinajstić information content (AvgIpc) is 3.76. The predicted octanol–water partition coefficient (Wildman–Crippen LogP) is 17.1. The van der Waals surface area contributed by atoms with E-state index in [4.69, 9.17) is 0 Å². The molecule has 5 heteroatoms. The molecule has 0 amide bonds. The van der Waals surface area contributed by atoms with Gasteiger partial charge in [-0.05, 0) is 157 Å². The lowest BCUT2D eigenvalue weighted by Crippen LogP contribution is -2.66. The minimum atomic E-state index is -0.0108. The lowest BCUT2D eigenvalue weighted by Gasteiger charge is -2.56. The van der Waals surface area contributed by atoms with Gasteiger partial charge in [0.05, 0.1) is 12.1 Å². The summed E-state index contributed by atoms with van der Waals surface area (Å²) in [6.07, 6.45) is 15.4. The molecule has 3 heterocycles. The van der Waals surface area contributed by atoms with Crippen LogP contribution >= 0.6 is 11.8 Å². The number of allylic oxidation sites excluding steroid dienone is 6. The Morgan fingerprint density at radius 2 is 1.20 bits per heavy atom. The quantitative estimate of drug-likeness (QED) is 0.157. The minimum absolute atomic E-state index is 0.00626. The Labute approximate surface area is 432 Å². The number of benzene rings is 5. The van der Waals surface area contributed by atoms with Crippen LogP contribution in [0.15, 0.2) is 173 Å². The zero-order chi connectivity index (χ0) is 50.0. The monoisotopic (exact) mass is 954 g/mol. The van der Waals surface area contributed by atoms with Gasteiger partial charge in [-0.1, -0.05) is 175 Å². The third-order valence-corrected chi connectivity index (χ3v) is 18.8. The molecule has 3 nitrogen and oxygen atoms in total. The van der Waals surface area contributed by atoms with E-state index in [9.17, 15) is 0 Å². The highest BCUT2D eigenvalue weighted by atomic mass is 32.2. The van der Waals surface area contributed by atoms with E-state index in [1.165, 1.54) is 86.0 Å². The van der Waals surface area contributed by atoms with Crippen LogP contribution in [0.1, 0.15) is 144 Å². The Morgan fingerprint density at radius 3 is 1.79 bits per heavy atom. The summed E-state index contributed by atoms with van der Waals surface area (Å²) in [6.45, 7) is 31.7. The van der Waals surface area contributed by atoms with E-state index in [1.807, 2.05) is 0 Å². The van der Waals surface area contributed by atoms with Crippen molar-refractivity contribution in [3.8, 4) is 0 Å². The number of fused-ring (bicyclic) bond motifs is 5. The minimum Gasteiger partial charge on any atom is -0.335 e. The molecular formula is C66H76BN3S. The first kappa shape index (κ1) is 47.9. The van der Waals surface area contributed by atoms with Gasteiger partial charge in [-0.2, -0.15) is 0 Å². The predicted molar refractivity (Wildman–Crippen MR) is 309 cm³/mol. The van der Waals surface area contributed by atoms with Crippen LogP contribution in [0.5, 0.6) is 0 Å². The lowest BCUT2D eigenvalue weighted by atomic mass is 9.31. The molecule has 0 saturated heterocycles. The van der Waals surface area contributed by atoms with E-state index in [0.29, 0.717) is 0 Å². The highest BCUT2D eigenvalue weighted by molar-refractivity contribution is 8.05. The second-order valence-corrected chi connectivity index (χ2v) is 27.1. The van der Waals surface area contributed by atoms with Crippen LogP contribution in [0, 0.1) is 10.8 Å². The van der Waals surface area contributed by atoms with Crippen molar-refractivity contribution in [3.05, 3.63) is 195 Å². The standard InChI is InChI=1S/C66H76BN3S/c1-62(2,3)44-29-33-49(34-30-44)69-54-36-32-46(64(7,8)9)40-52(54)67-58-55(69)41-50(68(47-25-19-15-20-26-47)48-27-21-16-22-28-48)42-56(58)70(59-57-60(71-61(59)67)66(12,13)38-37-65(57,10)11)53-35-31-45(63(4,5)6)39-51(53)43-23-17-14-18-24-43/h15-17,19-36,39-40,42,55,59,61H,14,18,37-38,41H2,1-13H3. The summed E-state index contributed by atoms with van der Waals surface area (Å²) in [4.78, 5) is 9.93. The van der Waals surface area contributed by atoms with E-state index < -0.39 is 0 Å². The summed E-state index contributed by atoms with van der Waals surface area (Å²) in [6, 6.07) is 47.3. The number of thioether (sulfide) groups is 1. The molecule has 11 rings (SSSR count). The summed E-state index contributed by atoms with van der Waals surface area (Å²) in [5.41, 5.74) is 20.7. The van der Waals surface area contributed by atoms with Gasteiger partial charge >= 0.3 is 0 Å².